The molecule has 0 aromatic carbocycles. The zero-order valence-corrected chi connectivity index (χ0v) is 13.4. The minimum Gasteiger partial charge on any atom is -0.195 e. The van der Waals surface area contributed by atoms with Crippen molar-refractivity contribution in [3.63, 3.8) is 0 Å². The van der Waals surface area contributed by atoms with E-state index < -0.39 is 10.2 Å². The predicted octanol–water partition coefficient (Wildman–Crippen LogP) is 2.21. The number of halogens is 1. The highest BCUT2D eigenvalue weighted by Crippen LogP contribution is 2.30. The molecule has 0 aromatic heterocycles. The maximum absolute atomic E-state index is 12.6. The fraction of sp³-hybridized carbons (Fsp3) is 1.00. The zero-order valence-electron chi connectivity index (χ0n) is 11.0. The average Bonchev–Trinajstić information content (AvgIpc) is 2.26. The predicted molar refractivity (Wildman–Crippen MR) is 77.0 cm³/mol. The number of hydrogen-bond donors (Lipinski definition) is 0. The third-order valence-electron chi connectivity index (χ3n) is 4.15. The fourth-order valence-electron chi connectivity index (χ4n) is 2.61. The molecule has 2 rings (SSSR count). The molecule has 0 N–H and O–H groups in total. The minimum absolute atomic E-state index is 0.242. The van der Waals surface area contributed by atoms with Gasteiger partial charge in [0.25, 0.3) is 10.2 Å². The lowest BCUT2D eigenvalue weighted by Gasteiger charge is -2.40. The molecule has 18 heavy (non-hydrogen) atoms. The van der Waals surface area contributed by atoms with Crippen LogP contribution >= 0.6 is 15.9 Å². The van der Waals surface area contributed by atoms with E-state index in [1.54, 1.807) is 8.61 Å². The molecule has 1 saturated carbocycles. The Morgan fingerprint density at radius 3 is 2.28 bits per heavy atom. The van der Waals surface area contributed by atoms with Crippen LogP contribution in [0, 0.1) is 5.92 Å². The van der Waals surface area contributed by atoms with Crippen LogP contribution in [0.2, 0.25) is 0 Å². The lowest BCUT2D eigenvalue weighted by Crippen LogP contribution is -2.53. The second-order valence-corrected chi connectivity index (χ2v) is 8.15. The third kappa shape index (κ3) is 3.08. The van der Waals surface area contributed by atoms with Crippen LogP contribution in [0.1, 0.15) is 39.0 Å². The molecule has 6 heteroatoms. The van der Waals surface area contributed by atoms with E-state index in [0.717, 1.165) is 32.1 Å². The van der Waals surface area contributed by atoms with Gasteiger partial charge in [-0.1, -0.05) is 29.3 Å². The van der Waals surface area contributed by atoms with Crippen molar-refractivity contribution in [2.45, 2.75) is 45.1 Å². The summed E-state index contributed by atoms with van der Waals surface area (Å²) in [7, 11) is -3.23. The molecular weight excluding hydrogens is 316 g/mol. The minimum atomic E-state index is -3.23. The molecule has 0 aromatic rings. The Kier molecular flexibility index (Phi) is 5.08. The Balaban J connectivity index is 2.06. The topological polar surface area (TPSA) is 40.6 Å². The molecule has 2 aliphatic rings. The molecule has 2 fully saturated rings. The van der Waals surface area contributed by atoms with Gasteiger partial charge in [0, 0.05) is 31.0 Å². The molecule has 1 saturated heterocycles. The molecule has 0 amide bonds. The van der Waals surface area contributed by atoms with E-state index in [1.807, 2.05) is 0 Å². The standard InChI is InChI=1S/C12H23BrN2O2S/c1-11-5-8-14(9-6-11)18(16,17)15(10-7-13)12-3-2-4-12/h11-12H,2-10H2,1H3. The van der Waals surface area contributed by atoms with Crippen molar-refractivity contribution in [3.8, 4) is 0 Å². The number of hydrogen-bond acceptors (Lipinski definition) is 2. The normalized spacial score (nSPS) is 24.4. The summed E-state index contributed by atoms with van der Waals surface area (Å²) in [6, 6.07) is 0.242. The molecule has 1 aliphatic heterocycles. The highest BCUT2D eigenvalue weighted by Gasteiger charge is 2.38. The molecule has 0 bridgehead atoms. The number of piperidine rings is 1. The maximum Gasteiger partial charge on any atom is 0.282 e. The Morgan fingerprint density at radius 2 is 1.83 bits per heavy atom. The Morgan fingerprint density at radius 1 is 1.22 bits per heavy atom. The van der Waals surface area contributed by atoms with E-state index in [0.29, 0.717) is 30.9 Å². The first-order valence-corrected chi connectivity index (χ1v) is 9.40. The highest BCUT2D eigenvalue weighted by atomic mass is 79.9. The van der Waals surface area contributed by atoms with E-state index in [-0.39, 0.29) is 6.04 Å². The van der Waals surface area contributed by atoms with Crippen molar-refractivity contribution in [1.29, 1.82) is 0 Å². The second-order valence-electron chi connectivity index (χ2n) is 5.47. The monoisotopic (exact) mass is 338 g/mol. The molecule has 1 heterocycles. The van der Waals surface area contributed by atoms with Crippen LogP contribution in [0.4, 0.5) is 0 Å². The van der Waals surface area contributed by atoms with E-state index in [2.05, 4.69) is 22.9 Å². The van der Waals surface area contributed by atoms with Crippen molar-refractivity contribution >= 4 is 26.1 Å². The van der Waals surface area contributed by atoms with Crippen LogP contribution in [0.15, 0.2) is 0 Å². The smallest absolute Gasteiger partial charge is 0.195 e. The third-order valence-corrected chi connectivity index (χ3v) is 6.60. The van der Waals surface area contributed by atoms with Gasteiger partial charge in [-0.25, -0.2) is 0 Å². The van der Waals surface area contributed by atoms with Gasteiger partial charge >= 0.3 is 0 Å². The summed E-state index contributed by atoms with van der Waals surface area (Å²) in [5.41, 5.74) is 0. The highest BCUT2D eigenvalue weighted by molar-refractivity contribution is 9.09. The van der Waals surface area contributed by atoms with Crippen molar-refractivity contribution < 1.29 is 8.42 Å². The first-order chi connectivity index (χ1) is 8.55. The van der Waals surface area contributed by atoms with Gasteiger partial charge in [-0.2, -0.15) is 17.0 Å². The summed E-state index contributed by atoms with van der Waals surface area (Å²) < 4.78 is 28.7. The van der Waals surface area contributed by atoms with E-state index in [9.17, 15) is 8.42 Å². The zero-order chi connectivity index (χ0) is 13.2. The summed E-state index contributed by atoms with van der Waals surface area (Å²) in [6.07, 6.45) is 5.20. The van der Waals surface area contributed by atoms with Crippen LogP contribution in [0.25, 0.3) is 0 Å². The quantitative estimate of drug-likeness (QED) is 0.721. The van der Waals surface area contributed by atoms with E-state index in [1.165, 1.54) is 0 Å². The molecule has 0 radical (unpaired) electrons. The van der Waals surface area contributed by atoms with Crippen molar-refractivity contribution in [3.05, 3.63) is 0 Å². The summed E-state index contributed by atoms with van der Waals surface area (Å²) in [5.74, 6) is 0.657. The van der Waals surface area contributed by atoms with Crippen LogP contribution in [-0.2, 0) is 10.2 Å². The van der Waals surface area contributed by atoms with Gasteiger partial charge < -0.3 is 0 Å². The molecular formula is C12H23BrN2O2S. The van der Waals surface area contributed by atoms with E-state index in [4.69, 9.17) is 0 Å². The van der Waals surface area contributed by atoms with Crippen LogP contribution < -0.4 is 0 Å². The van der Waals surface area contributed by atoms with Crippen LogP contribution in [0.3, 0.4) is 0 Å². The molecule has 0 atom stereocenters. The molecule has 4 nitrogen and oxygen atoms in total. The Bertz CT molecular complexity index is 362. The molecule has 0 unspecified atom stereocenters. The fourth-order valence-corrected chi connectivity index (χ4v) is 5.10. The Hall–Kier alpha value is 0.350. The van der Waals surface area contributed by atoms with Crippen molar-refractivity contribution in [2.24, 2.45) is 5.92 Å². The largest absolute Gasteiger partial charge is 0.282 e. The van der Waals surface area contributed by atoms with Gasteiger partial charge in [0.1, 0.15) is 0 Å². The van der Waals surface area contributed by atoms with Gasteiger partial charge in [-0.15, -0.1) is 0 Å². The lowest BCUT2D eigenvalue weighted by atomic mass is 9.93. The van der Waals surface area contributed by atoms with Gasteiger partial charge in [-0.3, -0.25) is 0 Å². The number of rotatable bonds is 5. The molecule has 1 aliphatic carbocycles. The average molecular weight is 339 g/mol. The van der Waals surface area contributed by atoms with Gasteiger partial charge in [0.05, 0.1) is 0 Å². The molecule has 106 valence electrons. The van der Waals surface area contributed by atoms with Gasteiger partial charge in [0.15, 0.2) is 0 Å². The maximum atomic E-state index is 12.6. The summed E-state index contributed by atoms with van der Waals surface area (Å²) >= 11 is 3.37. The van der Waals surface area contributed by atoms with Crippen molar-refractivity contribution in [1.82, 2.24) is 8.61 Å². The molecule has 0 spiro atoms. The SMILES string of the molecule is CC1CCN(S(=O)(=O)N(CCBr)C2CCC2)CC1. The van der Waals surface area contributed by atoms with Crippen LogP contribution in [0.5, 0.6) is 0 Å². The number of alkyl halides is 1. The number of nitrogens with zero attached hydrogens (tertiary/aromatic N) is 2. The first kappa shape index (κ1) is 14.8. The summed E-state index contributed by atoms with van der Waals surface area (Å²) in [5, 5.41) is 0.715. The van der Waals surface area contributed by atoms with Crippen LogP contribution in [-0.4, -0.2) is 48.0 Å². The summed E-state index contributed by atoms with van der Waals surface area (Å²) in [6.45, 7) is 4.18. The summed E-state index contributed by atoms with van der Waals surface area (Å²) in [4.78, 5) is 0. The van der Waals surface area contributed by atoms with Gasteiger partial charge in [-0.05, 0) is 31.6 Å². The van der Waals surface area contributed by atoms with E-state index >= 15 is 0 Å². The first-order valence-electron chi connectivity index (χ1n) is 6.88. The Labute approximate surface area is 119 Å². The second kappa shape index (κ2) is 6.20. The van der Waals surface area contributed by atoms with Crippen molar-refractivity contribution in [2.75, 3.05) is 25.0 Å². The van der Waals surface area contributed by atoms with Gasteiger partial charge in [0.2, 0.25) is 0 Å². The lowest BCUT2D eigenvalue weighted by molar-refractivity contribution is 0.199.